The molecule has 5 heteroatoms. The fourth-order valence-corrected chi connectivity index (χ4v) is 2.02. The van der Waals surface area contributed by atoms with Crippen molar-refractivity contribution in [2.24, 2.45) is 0 Å². The first-order valence-corrected chi connectivity index (χ1v) is 7.03. The second-order valence-electron chi connectivity index (χ2n) is 5.16. The van der Waals surface area contributed by atoms with E-state index < -0.39 is 5.82 Å². The number of anilines is 2. The number of amides is 1. The number of carbonyl (C=O) groups is 1. The number of halogens is 1. The molecule has 0 unspecified atom stereocenters. The van der Waals surface area contributed by atoms with Crippen LogP contribution in [0.25, 0.3) is 0 Å². The third kappa shape index (κ3) is 5.17. The van der Waals surface area contributed by atoms with E-state index in [0.717, 1.165) is 13.0 Å². The molecule has 0 fully saturated rings. The van der Waals surface area contributed by atoms with Crippen LogP contribution in [0.4, 0.5) is 15.8 Å². The number of nitrogens with two attached hydrogens (primary N) is 1. The largest absolute Gasteiger partial charge is 0.397 e. The zero-order chi connectivity index (χ0) is 15.1. The van der Waals surface area contributed by atoms with Crippen LogP contribution >= 0.6 is 0 Å². The van der Waals surface area contributed by atoms with Crippen LogP contribution in [-0.4, -0.2) is 29.9 Å². The van der Waals surface area contributed by atoms with E-state index in [-0.39, 0.29) is 11.6 Å². The summed E-state index contributed by atoms with van der Waals surface area (Å²) >= 11 is 0. The van der Waals surface area contributed by atoms with E-state index in [1.807, 2.05) is 0 Å². The molecule has 0 spiro atoms. The third-order valence-electron chi connectivity index (χ3n) is 3.15. The van der Waals surface area contributed by atoms with Crippen molar-refractivity contribution in [1.82, 2.24) is 4.90 Å². The molecule has 0 aliphatic carbocycles. The van der Waals surface area contributed by atoms with Gasteiger partial charge in [0, 0.05) is 19.0 Å². The molecular weight excluding hydrogens is 257 g/mol. The van der Waals surface area contributed by atoms with Gasteiger partial charge >= 0.3 is 0 Å². The molecule has 0 aliphatic rings. The standard InChI is InChI=1S/C15H24FN3O/c1-4-8-19(11(2)3)9-7-15(20)18-14-6-5-12(16)10-13(14)17/h5-6,10-11H,4,7-9,17H2,1-3H3,(H,18,20). The van der Waals surface area contributed by atoms with Gasteiger partial charge in [-0.25, -0.2) is 4.39 Å². The summed E-state index contributed by atoms with van der Waals surface area (Å²) in [6.45, 7) is 8.04. The summed E-state index contributed by atoms with van der Waals surface area (Å²) in [5.74, 6) is -0.514. The minimum absolute atomic E-state index is 0.106. The number of nitrogen functional groups attached to an aromatic ring is 1. The Labute approximate surface area is 120 Å². The van der Waals surface area contributed by atoms with Crippen LogP contribution in [0.1, 0.15) is 33.6 Å². The van der Waals surface area contributed by atoms with Gasteiger partial charge in [0.2, 0.25) is 5.91 Å². The van der Waals surface area contributed by atoms with Crippen molar-refractivity contribution in [2.45, 2.75) is 39.7 Å². The second-order valence-corrected chi connectivity index (χ2v) is 5.16. The number of hydrogen-bond acceptors (Lipinski definition) is 3. The maximum atomic E-state index is 12.9. The van der Waals surface area contributed by atoms with Gasteiger partial charge in [-0.3, -0.25) is 4.79 Å². The Kier molecular flexibility index (Phi) is 6.45. The third-order valence-corrected chi connectivity index (χ3v) is 3.15. The molecule has 1 amide bonds. The first-order chi connectivity index (χ1) is 9.43. The molecule has 0 aromatic heterocycles. The molecule has 20 heavy (non-hydrogen) atoms. The fourth-order valence-electron chi connectivity index (χ4n) is 2.02. The topological polar surface area (TPSA) is 58.4 Å². The van der Waals surface area contributed by atoms with Crippen LogP contribution in [0.3, 0.4) is 0 Å². The summed E-state index contributed by atoms with van der Waals surface area (Å²) < 4.78 is 12.9. The molecule has 0 aliphatic heterocycles. The van der Waals surface area contributed by atoms with Crippen LogP contribution < -0.4 is 11.1 Å². The van der Waals surface area contributed by atoms with Crippen molar-refractivity contribution in [3.8, 4) is 0 Å². The van der Waals surface area contributed by atoms with Crippen molar-refractivity contribution in [3.05, 3.63) is 24.0 Å². The second kappa shape index (κ2) is 7.85. The van der Waals surface area contributed by atoms with Gasteiger partial charge in [0.25, 0.3) is 0 Å². The highest BCUT2D eigenvalue weighted by Crippen LogP contribution is 2.19. The number of carbonyl (C=O) groups excluding carboxylic acids is 1. The number of rotatable bonds is 7. The average molecular weight is 281 g/mol. The summed E-state index contributed by atoms with van der Waals surface area (Å²) in [5.41, 5.74) is 6.36. The summed E-state index contributed by atoms with van der Waals surface area (Å²) in [6, 6.07) is 4.38. The maximum absolute atomic E-state index is 12.9. The minimum Gasteiger partial charge on any atom is -0.397 e. The number of benzene rings is 1. The SMILES string of the molecule is CCCN(CCC(=O)Nc1ccc(F)cc1N)C(C)C. The highest BCUT2D eigenvalue weighted by Gasteiger charge is 2.11. The van der Waals surface area contributed by atoms with E-state index in [0.29, 0.717) is 24.7 Å². The van der Waals surface area contributed by atoms with Gasteiger partial charge < -0.3 is 16.0 Å². The first kappa shape index (κ1) is 16.4. The lowest BCUT2D eigenvalue weighted by molar-refractivity contribution is -0.116. The molecule has 0 heterocycles. The van der Waals surface area contributed by atoms with Gasteiger partial charge in [-0.1, -0.05) is 6.92 Å². The lowest BCUT2D eigenvalue weighted by Gasteiger charge is -2.25. The zero-order valence-electron chi connectivity index (χ0n) is 12.4. The smallest absolute Gasteiger partial charge is 0.225 e. The lowest BCUT2D eigenvalue weighted by Crippen LogP contribution is -2.34. The molecule has 1 aromatic rings. The zero-order valence-corrected chi connectivity index (χ0v) is 12.4. The van der Waals surface area contributed by atoms with Crippen molar-refractivity contribution < 1.29 is 9.18 Å². The number of hydrogen-bond donors (Lipinski definition) is 2. The van der Waals surface area contributed by atoms with E-state index in [1.54, 1.807) is 0 Å². The predicted octanol–water partition coefficient (Wildman–Crippen LogP) is 2.86. The summed E-state index contributed by atoms with van der Waals surface area (Å²) in [5, 5.41) is 2.72. The highest BCUT2D eigenvalue weighted by molar-refractivity contribution is 5.93. The fraction of sp³-hybridized carbons (Fsp3) is 0.533. The Hall–Kier alpha value is -1.62. The van der Waals surface area contributed by atoms with Gasteiger partial charge in [-0.15, -0.1) is 0 Å². The average Bonchev–Trinajstić information content (AvgIpc) is 2.37. The molecule has 1 rings (SSSR count). The van der Waals surface area contributed by atoms with Crippen LogP contribution in [-0.2, 0) is 4.79 Å². The summed E-state index contributed by atoms with van der Waals surface area (Å²) in [6.07, 6.45) is 1.46. The van der Waals surface area contributed by atoms with Crippen LogP contribution in [0.15, 0.2) is 18.2 Å². The minimum atomic E-state index is -0.408. The number of nitrogens with zero attached hydrogens (tertiary/aromatic N) is 1. The molecule has 4 nitrogen and oxygen atoms in total. The van der Waals surface area contributed by atoms with Gasteiger partial charge in [0.1, 0.15) is 5.82 Å². The van der Waals surface area contributed by atoms with Gasteiger partial charge in [0.15, 0.2) is 0 Å². The Morgan fingerprint density at radius 2 is 2.10 bits per heavy atom. The van der Waals surface area contributed by atoms with Crippen molar-refractivity contribution in [2.75, 3.05) is 24.1 Å². The molecule has 0 saturated carbocycles. The number of nitrogens with one attached hydrogen (secondary N) is 1. The Morgan fingerprint density at radius 3 is 2.65 bits per heavy atom. The first-order valence-electron chi connectivity index (χ1n) is 7.03. The van der Waals surface area contributed by atoms with Crippen LogP contribution in [0.5, 0.6) is 0 Å². The summed E-state index contributed by atoms with van der Waals surface area (Å²) in [4.78, 5) is 14.2. The van der Waals surface area contributed by atoms with E-state index in [9.17, 15) is 9.18 Å². The summed E-state index contributed by atoms with van der Waals surface area (Å²) in [7, 11) is 0. The monoisotopic (exact) mass is 281 g/mol. The van der Waals surface area contributed by atoms with Gasteiger partial charge in [-0.05, 0) is 45.0 Å². The molecular formula is C15H24FN3O. The molecule has 0 bridgehead atoms. The van der Waals surface area contributed by atoms with E-state index >= 15 is 0 Å². The predicted molar refractivity (Wildman–Crippen MR) is 81.1 cm³/mol. The maximum Gasteiger partial charge on any atom is 0.225 e. The molecule has 0 atom stereocenters. The van der Waals surface area contributed by atoms with E-state index in [4.69, 9.17) is 5.73 Å². The molecule has 1 aromatic carbocycles. The van der Waals surface area contributed by atoms with Crippen molar-refractivity contribution >= 4 is 17.3 Å². The van der Waals surface area contributed by atoms with Crippen LogP contribution in [0.2, 0.25) is 0 Å². The van der Waals surface area contributed by atoms with E-state index in [2.05, 4.69) is 31.0 Å². The Morgan fingerprint density at radius 1 is 1.40 bits per heavy atom. The van der Waals surface area contributed by atoms with Gasteiger partial charge in [-0.2, -0.15) is 0 Å². The normalized spacial score (nSPS) is 11.1. The Bertz CT molecular complexity index is 449. The molecule has 0 saturated heterocycles. The van der Waals surface area contributed by atoms with Crippen molar-refractivity contribution in [1.29, 1.82) is 0 Å². The molecule has 0 radical (unpaired) electrons. The quantitative estimate of drug-likeness (QED) is 0.756. The Balaban J connectivity index is 2.51. The highest BCUT2D eigenvalue weighted by atomic mass is 19.1. The van der Waals surface area contributed by atoms with Crippen molar-refractivity contribution in [3.63, 3.8) is 0 Å². The molecule has 112 valence electrons. The van der Waals surface area contributed by atoms with Crippen LogP contribution in [0, 0.1) is 5.82 Å². The lowest BCUT2D eigenvalue weighted by atomic mass is 10.2. The van der Waals surface area contributed by atoms with E-state index in [1.165, 1.54) is 18.2 Å². The molecule has 3 N–H and O–H groups in total. The van der Waals surface area contributed by atoms with Gasteiger partial charge in [0.05, 0.1) is 11.4 Å².